The smallest absolute Gasteiger partial charge is 0.222 e. The number of nitrogens with one attached hydrogen (secondary N) is 2. The number of amides is 1. The lowest BCUT2D eigenvalue weighted by atomic mass is 9.99. The molecule has 0 saturated carbocycles. The SMILES string of the molecule is CC(C)C(=O)NCC1CCCNC1. The molecule has 0 aliphatic carbocycles. The van der Waals surface area contributed by atoms with E-state index in [-0.39, 0.29) is 11.8 Å². The van der Waals surface area contributed by atoms with E-state index < -0.39 is 0 Å². The Labute approximate surface area is 80.3 Å². The Hall–Kier alpha value is -0.570. The van der Waals surface area contributed by atoms with Gasteiger partial charge in [-0.25, -0.2) is 0 Å². The molecule has 13 heavy (non-hydrogen) atoms. The van der Waals surface area contributed by atoms with Crippen molar-refractivity contribution in [1.29, 1.82) is 0 Å². The van der Waals surface area contributed by atoms with E-state index in [1.54, 1.807) is 0 Å². The third-order valence-electron chi connectivity index (χ3n) is 2.49. The van der Waals surface area contributed by atoms with E-state index in [1.807, 2.05) is 13.8 Å². The van der Waals surface area contributed by atoms with Crippen LogP contribution in [-0.4, -0.2) is 25.5 Å². The van der Waals surface area contributed by atoms with Gasteiger partial charge in [-0.05, 0) is 31.8 Å². The summed E-state index contributed by atoms with van der Waals surface area (Å²) in [5.74, 6) is 0.915. The number of carbonyl (C=O) groups is 1. The molecule has 3 nitrogen and oxygen atoms in total. The summed E-state index contributed by atoms with van der Waals surface area (Å²) in [5.41, 5.74) is 0. The molecular weight excluding hydrogens is 164 g/mol. The highest BCUT2D eigenvalue weighted by Crippen LogP contribution is 2.08. The Kier molecular flexibility index (Phi) is 4.22. The second-order valence-corrected chi connectivity index (χ2v) is 4.11. The van der Waals surface area contributed by atoms with E-state index in [4.69, 9.17) is 0 Å². The summed E-state index contributed by atoms with van der Waals surface area (Å²) in [7, 11) is 0. The number of hydrogen-bond donors (Lipinski definition) is 2. The molecule has 1 aliphatic heterocycles. The van der Waals surface area contributed by atoms with Crippen molar-refractivity contribution in [3.05, 3.63) is 0 Å². The first-order valence-corrected chi connectivity index (χ1v) is 5.18. The van der Waals surface area contributed by atoms with Crippen molar-refractivity contribution in [1.82, 2.24) is 10.6 Å². The molecule has 0 aromatic rings. The highest BCUT2D eigenvalue weighted by molar-refractivity contribution is 5.77. The maximum absolute atomic E-state index is 11.3. The van der Waals surface area contributed by atoms with Gasteiger partial charge in [0.25, 0.3) is 0 Å². The van der Waals surface area contributed by atoms with E-state index in [9.17, 15) is 4.79 Å². The summed E-state index contributed by atoms with van der Waals surface area (Å²) in [6.07, 6.45) is 2.48. The van der Waals surface area contributed by atoms with Crippen molar-refractivity contribution in [2.75, 3.05) is 19.6 Å². The Morgan fingerprint density at radius 3 is 2.92 bits per heavy atom. The largest absolute Gasteiger partial charge is 0.356 e. The van der Waals surface area contributed by atoms with Gasteiger partial charge in [0.2, 0.25) is 5.91 Å². The lowest BCUT2D eigenvalue weighted by Crippen LogP contribution is -2.39. The van der Waals surface area contributed by atoms with Crippen LogP contribution in [0, 0.1) is 11.8 Å². The third-order valence-corrected chi connectivity index (χ3v) is 2.49. The van der Waals surface area contributed by atoms with Crippen LogP contribution >= 0.6 is 0 Å². The molecule has 1 rings (SSSR count). The molecule has 0 aromatic heterocycles. The molecule has 1 atom stereocenters. The number of rotatable bonds is 3. The van der Waals surface area contributed by atoms with Crippen molar-refractivity contribution < 1.29 is 4.79 Å². The quantitative estimate of drug-likeness (QED) is 0.680. The van der Waals surface area contributed by atoms with E-state index in [2.05, 4.69) is 10.6 Å². The molecule has 1 saturated heterocycles. The van der Waals surface area contributed by atoms with Gasteiger partial charge in [0.05, 0.1) is 0 Å². The normalized spacial score (nSPS) is 23.2. The fourth-order valence-corrected chi connectivity index (χ4v) is 1.55. The van der Waals surface area contributed by atoms with Gasteiger partial charge >= 0.3 is 0 Å². The predicted molar refractivity (Wildman–Crippen MR) is 53.4 cm³/mol. The summed E-state index contributed by atoms with van der Waals surface area (Å²) in [5, 5.41) is 6.31. The molecule has 0 aromatic carbocycles. The molecule has 0 radical (unpaired) electrons. The van der Waals surface area contributed by atoms with Crippen LogP contribution in [0.4, 0.5) is 0 Å². The predicted octanol–water partition coefficient (Wildman–Crippen LogP) is 0.758. The number of hydrogen-bond acceptors (Lipinski definition) is 2. The van der Waals surface area contributed by atoms with Crippen LogP contribution in [0.15, 0.2) is 0 Å². The minimum absolute atomic E-state index is 0.108. The summed E-state index contributed by atoms with van der Waals surface area (Å²) in [4.78, 5) is 11.3. The van der Waals surface area contributed by atoms with E-state index in [0.29, 0.717) is 5.92 Å². The Morgan fingerprint density at radius 2 is 2.38 bits per heavy atom. The topological polar surface area (TPSA) is 41.1 Å². The Balaban J connectivity index is 2.13. The fraction of sp³-hybridized carbons (Fsp3) is 0.900. The van der Waals surface area contributed by atoms with Crippen LogP contribution in [0.2, 0.25) is 0 Å². The molecule has 3 heteroatoms. The molecule has 1 heterocycles. The molecule has 1 aliphatic rings. The molecule has 1 amide bonds. The van der Waals surface area contributed by atoms with Gasteiger partial charge in [0.1, 0.15) is 0 Å². The fourth-order valence-electron chi connectivity index (χ4n) is 1.55. The van der Waals surface area contributed by atoms with E-state index >= 15 is 0 Å². The monoisotopic (exact) mass is 184 g/mol. The molecule has 1 fully saturated rings. The molecule has 1 unspecified atom stereocenters. The van der Waals surface area contributed by atoms with Gasteiger partial charge in [0.15, 0.2) is 0 Å². The third kappa shape index (κ3) is 3.77. The van der Waals surface area contributed by atoms with Crippen molar-refractivity contribution in [2.45, 2.75) is 26.7 Å². The first-order chi connectivity index (χ1) is 6.20. The van der Waals surface area contributed by atoms with Crippen LogP contribution in [0.3, 0.4) is 0 Å². The van der Waals surface area contributed by atoms with Gasteiger partial charge < -0.3 is 10.6 Å². The second kappa shape index (κ2) is 5.22. The maximum atomic E-state index is 11.3. The zero-order chi connectivity index (χ0) is 9.68. The van der Waals surface area contributed by atoms with Gasteiger partial charge in [-0.1, -0.05) is 13.8 Å². The minimum Gasteiger partial charge on any atom is -0.356 e. The van der Waals surface area contributed by atoms with Crippen LogP contribution < -0.4 is 10.6 Å². The molecular formula is C10H20N2O. The van der Waals surface area contributed by atoms with Crippen LogP contribution in [0.5, 0.6) is 0 Å². The van der Waals surface area contributed by atoms with Crippen LogP contribution in [-0.2, 0) is 4.79 Å². The number of piperidine rings is 1. The summed E-state index contributed by atoms with van der Waals surface area (Å²) in [6, 6.07) is 0. The van der Waals surface area contributed by atoms with Gasteiger partial charge in [-0.3, -0.25) is 4.79 Å². The minimum atomic E-state index is 0.108. The summed E-state index contributed by atoms with van der Waals surface area (Å²) in [6.45, 7) is 6.87. The van der Waals surface area contributed by atoms with E-state index in [0.717, 1.165) is 19.6 Å². The van der Waals surface area contributed by atoms with Crippen LogP contribution in [0.1, 0.15) is 26.7 Å². The highest BCUT2D eigenvalue weighted by Gasteiger charge is 2.14. The van der Waals surface area contributed by atoms with Crippen LogP contribution in [0.25, 0.3) is 0 Å². The van der Waals surface area contributed by atoms with Gasteiger partial charge in [-0.2, -0.15) is 0 Å². The second-order valence-electron chi connectivity index (χ2n) is 4.11. The Bertz CT molecular complexity index is 162. The van der Waals surface area contributed by atoms with Crippen molar-refractivity contribution in [2.24, 2.45) is 11.8 Å². The summed E-state index contributed by atoms with van der Waals surface area (Å²) < 4.78 is 0. The summed E-state index contributed by atoms with van der Waals surface area (Å²) >= 11 is 0. The maximum Gasteiger partial charge on any atom is 0.222 e. The first-order valence-electron chi connectivity index (χ1n) is 5.18. The first kappa shape index (κ1) is 10.5. The average molecular weight is 184 g/mol. The molecule has 0 bridgehead atoms. The molecule has 76 valence electrons. The van der Waals surface area contributed by atoms with Crippen molar-refractivity contribution in [3.63, 3.8) is 0 Å². The zero-order valence-electron chi connectivity index (χ0n) is 8.60. The molecule has 0 spiro atoms. The lowest BCUT2D eigenvalue weighted by Gasteiger charge is -2.23. The van der Waals surface area contributed by atoms with Gasteiger partial charge in [-0.15, -0.1) is 0 Å². The van der Waals surface area contributed by atoms with Gasteiger partial charge in [0, 0.05) is 12.5 Å². The Morgan fingerprint density at radius 1 is 1.62 bits per heavy atom. The lowest BCUT2D eigenvalue weighted by molar-refractivity contribution is -0.124. The highest BCUT2D eigenvalue weighted by atomic mass is 16.1. The standard InChI is InChI=1S/C10H20N2O/c1-8(2)10(13)12-7-9-4-3-5-11-6-9/h8-9,11H,3-7H2,1-2H3,(H,12,13). The van der Waals surface area contributed by atoms with Crippen molar-refractivity contribution in [3.8, 4) is 0 Å². The van der Waals surface area contributed by atoms with Crippen molar-refractivity contribution >= 4 is 5.91 Å². The number of carbonyl (C=O) groups excluding carboxylic acids is 1. The zero-order valence-corrected chi connectivity index (χ0v) is 8.60. The van der Waals surface area contributed by atoms with E-state index in [1.165, 1.54) is 12.8 Å². The average Bonchev–Trinajstić information content (AvgIpc) is 2.15. The molecule has 2 N–H and O–H groups in total.